The van der Waals surface area contributed by atoms with Crippen LogP contribution in [0.15, 0.2) is 12.2 Å². The minimum Gasteiger partial charge on any atom is -0.432 e. The Labute approximate surface area is 518 Å². The topological polar surface area (TPSA) is 565 Å². The third-order valence-corrected chi connectivity index (χ3v) is 20.5. The number of ether oxygens (including phenoxy) is 9. The van der Waals surface area contributed by atoms with Crippen molar-refractivity contribution in [1.29, 1.82) is 0 Å². The second-order valence-electron chi connectivity index (χ2n) is 26.3. The Morgan fingerprint density at radius 2 is 1.16 bits per heavy atom. The lowest BCUT2D eigenvalue weighted by Gasteiger charge is -2.64. The molecule has 7 rings (SSSR count). The van der Waals surface area contributed by atoms with Gasteiger partial charge in [0.15, 0.2) is 31.5 Å². The summed E-state index contributed by atoms with van der Waals surface area (Å²) in [6.07, 6.45) is -49.9. The van der Waals surface area contributed by atoms with Crippen LogP contribution < -0.4 is 0 Å². The van der Waals surface area contributed by atoms with E-state index in [1.807, 2.05) is 6.92 Å². The maximum atomic E-state index is 15.0. The molecule has 1 spiro atoms. The van der Waals surface area contributed by atoms with Crippen LogP contribution in [0.2, 0.25) is 0 Å². The molecule has 0 radical (unpaired) electrons. The van der Waals surface area contributed by atoms with Gasteiger partial charge in [0.1, 0.15) is 97.2 Å². The maximum absolute atomic E-state index is 15.0. The number of hydrogen-bond donors (Lipinski definition) is 23. The van der Waals surface area contributed by atoms with Gasteiger partial charge in [0, 0.05) is 19.6 Å². The normalized spacial score (nSPS) is 41.8. The van der Waals surface area contributed by atoms with Gasteiger partial charge < -0.3 is 160 Å². The van der Waals surface area contributed by atoms with E-state index >= 15 is 0 Å². The van der Waals surface area contributed by atoms with Crippen molar-refractivity contribution in [2.24, 2.45) is 28.1 Å². The molecule has 2 bridgehead atoms. The summed E-state index contributed by atoms with van der Waals surface area (Å²) in [5.74, 6) is -1.50. The van der Waals surface area contributed by atoms with Gasteiger partial charge in [-0.25, -0.2) is 0 Å². The lowest BCUT2D eigenvalue weighted by Crippen LogP contribution is -2.63. The molecule has 3 saturated heterocycles. The van der Waals surface area contributed by atoms with Gasteiger partial charge in [-0.15, -0.1) is 0 Å². The van der Waals surface area contributed by atoms with Crippen LogP contribution in [0.5, 0.6) is 0 Å². The molecule has 3 heterocycles. The summed E-state index contributed by atoms with van der Waals surface area (Å²) in [7, 11) is 0. The van der Waals surface area contributed by atoms with Crippen molar-refractivity contribution in [3.8, 4) is 0 Å². The summed E-state index contributed by atoms with van der Waals surface area (Å²) >= 11 is 0. The zero-order valence-electron chi connectivity index (χ0n) is 50.3. The number of aliphatic hydroxyl groups excluding tert-OH is 23. The summed E-state index contributed by atoms with van der Waals surface area (Å²) in [6, 6.07) is 0. The summed E-state index contributed by atoms with van der Waals surface area (Å²) in [6.45, 7) is 2.69. The van der Waals surface area contributed by atoms with Crippen LogP contribution in [-0.2, 0) is 47.4 Å². The third kappa shape index (κ3) is 15.2. The summed E-state index contributed by atoms with van der Waals surface area (Å²) in [4.78, 5) is 15.0. The number of esters is 1. The molecule has 0 aromatic heterocycles. The molecule has 33 nitrogen and oxygen atoms in total. The molecule has 3 aliphatic heterocycles. The van der Waals surface area contributed by atoms with Crippen LogP contribution in [-0.4, -0.2) is 335 Å². The molecule has 23 N–H and O–H groups in total. The second-order valence-corrected chi connectivity index (χ2v) is 26.3. The van der Waals surface area contributed by atoms with Gasteiger partial charge in [0.05, 0.1) is 68.5 Å². The number of hydrogen-bond acceptors (Lipinski definition) is 33. The Balaban J connectivity index is 1.16. The molecular formula is C57H98O33. The zero-order valence-corrected chi connectivity index (χ0v) is 50.3. The van der Waals surface area contributed by atoms with Crippen molar-refractivity contribution >= 4 is 5.97 Å². The second kappa shape index (κ2) is 31.0. The monoisotopic (exact) mass is 1310 g/mol. The van der Waals surface area contributed by atoms with E-state index < -0.39 is 265 Å². The minimum atomic E-state index is -2.64. The highest BCUT2D eigenvalue weighted by atomic mass is 16.8. The van der Waals surface area contributed by atoms with E-state index in [1.165, 1.54) is 0 Å². The van der Waals surface area contributed by atoms with Crippen LogP contribution >= 0.6 is 0 Å². The fraction of sp³-hybridized carbons (Fsp3) is 0.947. The molecule has 31 atom stereocenters. The number of rotatable bonds is 31. The maximum Gasteiger partial charge on any atom is 0.314 e. The highest BCUT2D eigenvalue weighted by Gasteiger charge is 2.69. The third-order valence-electron chi connectivity index (χ3n) is 20.5. The van der Waals surface area contributed by atoms with E-state index in [2.05, 4.69) is 6.58 Å². The number of carbonyl (C=O) groups is 1. The highest BCUT2D eigenvalue weighted by Crippen LogP contribution is 2.74. The Hall–Kier alpha value is -2.03. The average molecular weight is 1310 g/mol. The van der Waals surface area contributed by atoms with Crippen molar-refractivity contribution < 1.29 is 165 Å². The molecule has 90 heavy (non-hydrogen) atoms. The number of aliphatic hydroxyl groups is 23. The van der Waals surface area contributed by atoms with Gasteiger partial charge >= 0.3 is 5.97 Å². The van der Waals surface area contributed by atoms with Crippen LogP contribution in [0.3, 0.4) is 0 Å². The number of carbonyl (C=O) groups excluding carboxylic acids is 1. The Morgan fingerprint density at radius 1 is 0.600 bits per heavy atom. The predicted octanol–water partition coefficient (Wildman–Crippen LogP) is -9.12. The zero-order chi connectivity index (χ0) is 66.7. The van der Waals surface area contributed by atoms with E-state index in [4.69, 9.17) is 42.6 Å². The van der Waals surface area contributed by atoms with Crippen molar-refractivity contribution in [2.75, 3.05) is 46.2 Å². The summed E-state index contributed by atoms with van der Waals surface area (Å²) in [5.41, 5.74) is -5.57. The molecule has 0 amide bonds. The molecule has 0 aromatic carbocycles. The number of fused-ring (bicyclic) bond motifs is 3. The van der Waals surface area contributed by atoms with Gasteiger partial charge in [-0.2, -0.15) is 0 Å². The van der Waals surface area contributed by atoms with E-state index in [0.717, 1.165) is 0 Å². The van der Waals surface area contributed by atoms with Crippen LogP contribution in [0, 0.1) is 28.1 Å². The first kappa shape index (κ1) is 75.4. The van der Waals surface area contributed by atoms with E-state index in [1.54, 1.807) is 6.92 Å². The van der Waals surface area contributed by atoms with Crippen molar-refractivity contribution in [3.05, 3.63) is 12.2 Å². The fourth-order valence-electron chi connectivity index (χ4n) is 15.4. The molecule has 7 aliphatic rings. The smallest absolute Gasteiger partial charge is 0.314 e. The predicted molar refractivity (Wildman–Crippen MR) is 295 cm³/mol. The summed E-state index contributed by atoms with van der Waals surface area (Å²) in [5, 5.41) is 246. The largest absolute Gasteiger partial charge is 0.432 e. The van der Waals surface area contributed by atoms with E-state index in [9.17, 15) is 122 Å². The van der Waals surface area contributed by atoms with Gasteiger partial charge in [-0.05, 0) is 106 Å². The molecule has 4 saturated carbocycles. The lowest BCUT2D eigenvalue weighted by atomic mass is 9.41. The Kier molecular flexibility index (Phi) is 26.0. The first-order valence-electron chi connectivity index (χ1n) is 30.7. The van der Waals surface area contributed by atoms with Crippen LogP contribution in [0.1, 0.15) is 97.3 Å². The Bertz CT molecular complexity index is 2270. The minimum absolute atomic E-state index is 0.105. The Morgan fingerprint density at radius 3 is 1.72 bits per heavy atom. The van der Waals surface area contributed by atoms with Gasteiger partial charge in [-0.3, -0.25) is 4.79 Å². The quantitative estimate of drug-likeness (QED) is 0.0174. The molecular weight excluding hydrogens is 1210 g/mol. The van der Waals surface area contributed by atoms with Crippen molar-refractivity contribution in [3.63, 3.8) is 0 Å². The first-order valence-corrected chi connectivity index (χ1v) is 30.7. The lowest BCUT2D eigenvalue weighted by molar-refractivity contribution is -0.354. The standard InChI is InChI=1S/C57H98O33/c1-24-17-55-12-5-31-53(2,10-4-11-54(31,3)52(81)88-51-44(28(67)18-56(22-62,23-63)90-51)85-46(78)39(74)33(68)25(64)7-14-58)32(55)6-13-57(24,21-55)89-48(80)45(86-47(79)40(75)34(69)26(65)8-15-59)43(87-50-42(77)38(73)36(71)30(20-61)84-50)27(66)9-16-82-49-41(76)37(72)35(70)29(19-60)83-49/h25-51,58-80H,1,4-23H2,2-3H3/t25?,26?,27?,28?,29?,30?,31?,32-,33?,34?,35?,36?,37?,38?,39?,40?,41?,42?,43?,44?,45?,46?,47?,48?,49?,50?,51?,53+,54+,55?,57?/m0/s1. The van der Waals surface area contributed by atoms with Crippen molar-refractivity contribution in [1.82, 2.24) is 0 Å². The molecule has 0 aromatic rings. The van der Waals surface area contributed by atoms with Crippen molar-refractivity contribution in [2.45, 2.75) is 262 Å². The van der Waals surface area contributed by atoms with Gasteiger partial charge in [-0.1, -0.05) is 19.9 Å². The van der Waals surface area contributed by atoms with Gasteiger partial charge in [0.2, 0.25) is 6.29 Å². The SMILES string of the molecule is C=C1CC23CCC4[C@](C)(C(=O)OC5OC(CO)(CO)CC(O)C5OC(O)C(O)C(O)C(O)CCO)CCC[C@@]4(C)[C@@H]2CCC1(OC(O)C(OC(O)C(O)C(O)C(O)CCO)C(OC1OC(CO)C(O)C(O)C1O)C(O)CCOC1OC(CO)C(O)C(O)C1O)C3. The molecule has 33 heteroatoms. The highest BCUT2D eigenvalue weighted by molar-refractivity contribution is 5.77. The first-order chi connectivity index (χ1) is 42.3. The average Bonchev–Trinajstić information content (AvgIpc) is 1.40. The molecule has 4 aliphatic carbocycles. The van der Waals surface area contributed by atoms with Gasteiger partial charge in [0.25, 0.3) is 0 Å². The molecule has 28 unspecified atom stereocenters. The van der Waals surface area contributed by atoms with Crippen LogP contribution in [0.25, 0.3) is 0 Å². The molecule has 524 valence electrons. The summed E-state index contributed by atoms with van der Waals surface area (Å²) < 4.78 is 52.8. The molecule has 7 fully saturated rings. The van der Waals surface area contributed by atoms with E-state index in [0.29, 0.717) is 37.7 Å². The fourth-order valence-corrected chi connectivity index (χ4v) is 15.4. The van der Waals surface area contributed by atoms with Crippen LogP contribution in [0.4, 0.5) is 0 Å². The van der Waals surface area contributed by atoms with E-state index in [-0.39, 0.29) is 31.6 Å².